The van der Waals surface area contributed by atoms with Crippen molar-refractivity contribution >= 4 is 5.91 Å². The highest BCUT2D eigenvalue weighted by molar-refractivity contribution is 5.79. The average Bonchev–Trinajstić information content (AvgIpc) is 2.04. The maximum atomic E-state index is 10.7. The van der Waals surface area contributed by atoms with Crippen LogP contribution in [0.15, 0.2) is 0 Å². The predicted molar refractivity (Wildman–Crippen MR) is 45.1 cm³/mol. The van der Waals surface area contributed by atoms with Crippen LogP contribution in [0.25, 0.3) is 0 Å². The number of carbonyl (C=O) groups is 1. The molecule has 1 fully saturated rings. The molecule has 0 bridgehead atoms. The molecule has 1 aliphatic rings. The molecule has 1 unspecified atom stereocenters. The molecule has 5 N–H and O–H groups in total. The van der Waals surface area contributed by atoms with E-state index in [0.717, 1.165) is 25.7 Å². The molecule has 1 atom stereocenters. The second-order valence-electron chi connectivity index (χ2n) is 3.50. The van der Waals surface area contributed by atoms with Crippen LogP contribution in [0.3, 0.4) is 0 Å². The SMILES string of the molecule is NC(=O)C(N)C1CCC(O)CC1. The summed E-state index contributed by atoms with van der Waals surface area (Å²) in [6, 6.07) is -0.530. The Bertz CT molecular complexity index is 164. The lowest BCUT2D eigenvalue weighted by Crippen LogP contribution is -2.44. The van der Waals surface area contributed by atoms with E-state index in [1.54, 1.807) is 0 Å². The van der Waals surface area contributed by atoms with E-state index < -0.39 is 11.9 Å². The second-order valence-corrected chi connectivity index (χ2v) is 3.50. The van der Waals surface area contributed by atoms with E-state index >= 15 is 0 Å². The van der Waals surface area contributed by atoms with Crippen molar-refractivity contribution in [2.24, 2.45) is 17.4 Å². The van der Waals surface area contributed by atoms with E-state index in [1.807, 2.05) is 0 Å². The van der Waals surface area contributed by atoms with Crippen LogP contribution in [-0.2, 0) is 4.79 Å². The molecule has 1 saturated carbocycles. The first kappa shape index (κ1) is 9.48. The van der Waals surface area contributed by atoms with Crippen LogP contribution in [0.1, 0.15) is 25.7 Å². The molecule has 4 nitrogen and oxygen atoms in total. The van der Waals surface area contributed by atoms with Crippen LogP contribution >= 0.6 is 0 Å². The molecule has 0 saturated heterocycles. The summed E-state index contributed by atoms with van der Waals surface area (Å²) in [6.07, 6.45) is 2.90. The Morgan fingerprint density at radius 2 is 1.83 bits per heavy atom. The summed E-state index contributed by atoms with van der Waals surface area (Å²) < 4.78 is 0. The highest BCUT2D eigenvalue weighted by atomic mass is 16.3. The average molecular weight is 172 g/mol. The van der Waals surface area contributed by atoms with Gasteiger partial charge in [0.2, 0.25) is 5.91 Å². The van der Waals surface area contributed by atoms with Gasteiger partial charge in [-0.2, -0.15) is 0 Å². The van der Waals surface area contributed by atoms with E-state index in [4.69, 9.17) is 11.5 Å². The fraction of sp³-hybridized carbons (Fsp3) is 0.875. The molecule has 12 heavy (non-hydrogen) atoms. The van der Waals surface area contributed by atoms with Crippen molar-refractivity contribution < 1.29 is 9.90 Å². The Morgan fingerprint density at radius 3 is 2.25 bits per heavy atom. The Morgan fingerprint density at radius 1 is 1.33 bits per heavy atom. The monoisotopic (exact) mass is 172 g/mol. The molecule has 70 valence electrons. The number of hydrogen-bond acceptors (Lipinski definition) is 3. The lowest BCUT2D eigenvalue weighted by molar-refractivity contribution is -0.120. The Labute approximate surface area is 71.9 Å². The predicted octanol–water partition coefficient (Wildman–Crippen LogP) is -0.650. The lowest BCUT2D eigenvalue weighted by atomic mass is 9.83. The van der Waals surface area contributed by atoms with Crippen LogP contribution in [-0.4, -0.2) is 23.2 Å². The lowest BCUT2D eigenvalue weighted by Gasteiger charge is -2.28. The molecule has 4 heteroatoms. The minimum absolute atomic E-state index is 0.172. The fourth-order valence-electron chi connectivity index (χ4n) is 1.69. The standard InChI is InChI=1S/C8H16N2O2/c9-7(8(10)12)5-1-3-6(11)4-2-5/h5-7,11H,1-4,9H2,(H2,10,12). The minimum Gasteiger partial charge on any atom is -0.393 e. The van der Waals surface area contributed by atoms with Crippen LogP contribution in [0.2, 0.25) is 0 Å². The molecule has 1 rings (SSSR count). The van der Waals surface area contributed by atoms with Crippen LogP contribution < -0.4 is 11.5 Å². The Hall–Kier alpha value is -0.610. The first-order valence-electron chi connectivity index (χ1n) is 4.34. The summed E-state index contributed by atoms with van der Waals surface area (Å²) in [7, 11) is 0. The van der Waals surface area contributed by atoms with Crippen LogP contribution in [0.4, 0.5) is 0 Å². The Balaban J connectivity index is 2.39. The molecule has 0 aromatic heterocycles. The molecule has 0 aliphatic heterocycles. The summed E-state index contributed by atoms with van der Waals surface area (Å²) in [5.74, 6) is -0.262. The van der Waals surface area contributed by atoms with Gasteiger partial charge < -0.3 is 16.6 Å². The van der Waals surface area contributed by atoms with E-state index in [0.29, 0.717) is 0 Å². The van der Waals surface area contributed by atoms with Gasteiger partial charge in [-0.1, -0.05) is 0 Å². The van der Waals surface area contributed by atoms with Crippen LogP contribution in [0, 0.1) is 5.92 Å². The van der Waals surface area contributed by atoms with Crippen molar-refractivity contribution in [3.8, 4) is 0 Å². The van der Waals surface area contributed by atoms with Gasteiger partial charge in [-0.05, 0) is 31.6 Å². The van der Waals surface area contributed by atoms with Gasteiger partial charge in [-0.3, -0.25) is 4.79 Å². The first-order valence-corrected chi connectivity index (χ1v) is 4.34. The number of aliphatic hydroxyl groups excluding tert-OH is 1. The number of amides is 1. The number of rotatable bonds is 2. The minimum atomic E-state index is -0.530. The summed E-state index contributed by atoms with van der Waals surface area (Å²) in [4.78, 5) is 10.7. The number of aliphatic hydroxyl groups is 1. The maximum Gasteiger partial charge on any atom is 0.234 e. The molecule has 0 heterocycles. The molecule has 0 aromatic carbocycles. The van der Waals surface area contributed by atoms with E-state index in [1.165, 1.54) is 0 Å². The molecular weight excluding hydrogens is 156 g/mol. The smallest absolute Gasteiger partial charge is 0.234 e. The van der Waals surface area contributed by atoms with Crippen molar-refractivity contribution in [1.29, 1.82) is 0 Å². The number of nitrogens with two attached hydrogens (primary N) is 2. The maximum absolute atomic E-state index is 10.7. The van der Waals surface area contributed by atoms with Gasteiger partial charge in [-0.15, -0.1) is 0 Å². The largest absolute Gasteiger partial charge is 0.393 e. The van der Waals surface area contributed by atoms with Gasteiger partial charge in [0.1, 0.15) is 0 Å². The fourth-order valence-corrected chi connectivity index (χ4v) is 1.69. The highest BCUT2D eigenvalue weighted by Gasteiger charge is 2.27. The molecule has 1 amide bonds. The normalized spacial score (nSPS) is 32.8. The molecule has 1 aliphatic carbocycles. The number of carbonyl (C=O) groups excluding carboxylic acids is 1. The second kappa shape index (κ2) is 3.87. The zero-order valence-electron chi connectivity index (χ0n) is 7.07. The first-order chi connectivity index (χ1) is 5.61. The van der Waals surface area contributed by atoms with Gasteiger partial charge in [0, 0.05) is 0 Å². The summed E-state index contributed by atoms with van der Waals surface area (Å²) in [5.41, 5.74) is 10.7. The van der Waals surface area contributed by atoms with E-state index in [-0.39, 0.29) is 12.0 Å². The summed E-state index contributed by atoms with van der Waals surface area (Å²) >= 11 is 0. The topological polar surface area (TPSA) is 89.3 Å². The van der Waals surface area contributed by atoms with Crippen molar-refractivity contribution in [2.45, 2.75) is 37.8 Å². The van der Waals surface area contributed by atoms with Gasteiger partial charge in [0.05, 0.1) is 12.1 Å². The third kappa shape index (κ3) is 2.19. The number of primary amides is 1. The summed E-state index contributed by atoms with van der Waals surface area (Å²) in [5, 5.41) is 9.19. The highest BCUT2D eigenvalue weighted by Crippen LogP contribution is 2.25. The third-order valence-electron chi connectivity index (χ3n) is 2.58. The molecule has 0 radical (unpaired) electrons. The van der Waals surface area contributed by atoms with E-state index in [9.17, 15) is 9.90 Å². The van der Waals surface area contributed by atoms with Gasteiger partial charge in [0.25, 0.3) is 0 Å². The van der Waals surface area contributed by atoms with Gasteiger partial charge in [-0.25, -0.2) is 0 Å². The molecule has 0 spiro atoms. The van der Waals surface area contributed by atoms with Crippen LogP contribution in [0.5, 0.6) is 0 Å². The summed E-state index contributed by atoms with van der Waals surface area (Å²) in [6.45, 7) is 0. The van der Waals surface area contributed by atoms with Crippen molar-refractivity contribution in [3.05, 3.63) is 0 Å². The van der Waals surface area contributed by atoms with E-state index in [2.05, 4.69) is 0 Å². The van der Waals surface area contributed by atoms with Crippen molar-refractivity contribution in [3.63, 3.8) is 0 Å². The Kier molecular flexibility index (Phi) is 3.05. The quantitative estimate of drug-likeness (QED) is 0.517. The van der Waals surface area contributed by atoms with Gasteiger partial charge >= 0.3 is 0 Å². The third-order valence-corrected chi connectivity index (χ3v) is 2.58. The van der Waals surface area contributed by atoms with Crippen molar-refractivity contribution in [2.75, 3.05) is 0 Å². The molecular formula is C8H16N2O2. The zero-order valence-corrected chi connectivity index (χ0v) is 7.07. The van der Waals surface area contributed by atoms with Crippen molar-refractivity contribution in [1.82, 2.24) is 0 Å². The number of hydrogen-bond donors (Lipinski definition) is 3. The zero-order chi connectivity index (χ0) is 9.14. The molecule has 0 aromatic rings. The van der Waals surface area contributed by atoms with Gasteiger partial charge in [0.15, 0.2) is 0 Å².